The highest BCUT2D eigenvalue weighted by Gasteiger charge is 2.25. The molecule has 1 aliphatic rings. The molecule has 0 bridgehead atoms. The molecule has 4 aromatic heterocycles. The van der Waals surface area contributed by atoms with Gasteiger partial charge in [0.25, 0.3) is 0 Å². The van der Waals surface area contributed by atoms with Crippen molar-refractivity contribution in [1.82, 2.24) is 29.5 Å². The van der Waals surface area contributed by atoms with Crippen LogP contribution in [0.1, 0.15) is 26.3 Å². The molecule has 0 saturated heterocycles. The van der Waals surface area contributed by atoms with Gasteiger partial charge in [-0.3, -0.25) is 9.55 Å². The van der Waals surface area contributed by atoms with E-state index in [2.05, 4.69) is 157 Å². The first-order chi connectivity index (χ1) is 26.8. The number of aromatic nitrogens is 6. The van der Waals surface area contributed by atoms with E-state index in [1.165, 1.54) is 16.9 Å². The summed E-state index contributed by atoms with van der Waals surface area (Å²) in [5, 5.41) is 3.33. The Morgan fingerprint density at radius 1 is 0.564 bits per heavy atom. The lowest BCUT2D eigenvalue weighted by atomic mass is 9.88. The molecule has 266 valence electrons. The predicted octanol–water partition coefficient (Wildman–Crippen LogP) is 10.8. The van der Waals surface area contributed by atoms with Crippen molar-refractivity contribution in [3.8, 4) is 40.0 Å². The maximum absolute atomic E-state index is 5.22. The molecule has 0 aliphatic carbocycles. The van der Waals surface area contributed by atoms with E-state index >= 15 is 0 Å². The second kappa shape index (κ2) is 12.6. The number of rotatable bonds is 5. The second-order valence-electron chi connectivity index (χ2n) is 15.2. The Hall–Kier alpha value is -6.93. The van der Waals surface area contributed by atoms with E-state index in [1.54, 1.807) is 0 Å². The third-order valence-electron chi connectivity index (χ3n) is 10.6. The number of nitrogens with zero attached hydrogens (tertiary/aromatic N) is 8. The lowest BCUT2D eigenvalue weighted by Crippen LogP contribution is -2.23. The van der Waals surface area contributed by atoms with Gasteiger partial charge in [0.1, 0.15) is 5.82 Å². The highest BCUT2D eigenvalue weighted by atomic mass is 15.4. The molecule has 8 heteroatoms. The van der Waals surface area contributed by atoms with Crippen LogP contribution in [-0.4, -0.2) is 43.2 Å². The Balaban J connectivity index is 1.18. The summed E-state index contributed by atoms with van der Waals surface area (Å²) in [4.78, 5) is 29.8. The molecule has 0 N–H and O–H groups in total. The van der Waals surface area contributed by atoms with Crippen molar-refractivity contribution >= 4 is 49.8 Å². The molecule has 8 nitrogen and oxygen atoms in total. The van der Waals surface area contributed by atoms with Crippen LogP contribution in [-0.2, 0) is 5.41 Å². The van der Waals surface area contributed by atoms with Crippen LogP contribution in [0, 0.1) is 0 Å². The van der Waals surface area contributed by atoms with E-state index < -0.39 is 0 Å². The molecular weight excluding hydrogens is 677 g/mol. The quantitative estimate of drug-likeness (QED) is 0.176. The van der Waals surface area contributed by atoms with E-state index in [0.29, 0.717) is 17.5 Å². The van der Waals surface area contributed by atoms with Gasteiger partial charge in [0.15, 0.2) is 17.5 Å². The molecule has 0 fully saturated rings. The number of para-hydroxylation sites is 4. The maximum Gasteiger partial charge on any atom is 0.166 e. The summed E-state index contributed by atoms with van der Waals surface area (Å²) in [5.41, 5.74) is 10.3. The first-order valence-corrected chi connectivity index (χ1v) is 18.6. The van der Waals surface area contributed by atoms with Crippen LogP contribution in [0.25, 0.3) is 72.7 Å². The van der Waals surface area contributed by atoms with Gasteiger partial charge in [-0.05, 0) is 71.6 Å². The van der Waals surface area contributed by atoms with Crippen molar-refractivity contribution in [1.29, 1.82) is 0 Å². The van der Waals surface area contributed by atoms with Crippen molar-refractivity contribution in [2.75, 3.05) is 23.5 Å². The SMILES string of the molecule is CN1CN(c2cccc(-c3nc(-c4ccc5c6ccccc6n(-c6cc(C(C)(C)C)ccn6)c5c4)nc(-c4cccc5cccnc45)n3)c2)c2ccccc21. The van der Waals surface area contributed by atoms with Crippen LogP contribution < -0.4 is 9.80 Å². The molecule has 55 heavy (non-hydrogen) atoms. The van der Waals surface area contributed by atoms with Crippen molar-refractivity contribution in [3.63, 3.8) is 0 Å². The number of benzene rings is 5. The highest BCUT2D eigenvalue weighted by molar-refractivity contribution is 6.10. The van der Waals surface area contributed by atoms with Gasteiger partial charge in [-0.25, -0.2) is 19.9 Å². The van der Waals surface area contributed by atoms with E-state index in [-0.39, 0.29) is 5.41 Å². The van der Waals surface area contributed by atoms with Crippen LogP contribution in [0.2, 0.25) is 0 Å². The van der Waals surface area contributed by atoms with Crippen LogP contribution in [0.3, 0.4) is 0 Å². The lowest BCUT2D eigenvalue weighted by molar-refractivity contribution is 0.588. The van der Waals surface area contributed by atoms with E-state index in [0.717, 1.165) is 67.6 Å². The molecule has 0 radical (unpaired) electrons. The molecule has 10 rings (SSSR count). The summed E-state index contributed by atoms with van der Waals surface area (Å²) >= 11 is 0. The Morgan fingerprint density at radius 3 is 2.15 bits per heavy atom. The van der Waals surface area contributed by atoms with Gasteiger partial charge in [0.05, 0.1) is 34.6 Å². The topological polar surface area (TPSA) is 75.9 Å². The van der Waals surface area contributed by atoms with Crippen LogP contribution in [0.5, 0.6) is 0 Å². The van der Waals surface area contributed by atoms with Gasteiger partial charge in [-0.1, -0.05) is 93.6 Å². The summed E-state index contributed by atoms with van der Waals surface area (Å²) < 4.78 is 2.26. The van der Waals surface area contributed by atoms with Crippen LogP contribution >= 0.6 is 0 Å². The maximum atomic E-state index is 5.22. The first kappa shape index (κ1) is 32.7. The molecule has 0 unspecified atom stereocenters. The van der Waals surface area contributed by atoms with Crippen molar-refractivity contribution in [3.05, 3.63) is 151 Å². The molecule has 0 amide bonds. The zero-order chi connectivity index (χ0) is 37.3. The Labute approximate surface area is 319 Å². The molecular formula is C47H38N8. The fraction of sp³-hybridized carbons (Fsp3) is 0.128. The number of anilines is 3. The molecule has 1 aliphatic heterocycles. The minimum atomic E-state index is -0.0266. The number of hydrogen-bond acceptors (Lipinski definition) is 7. The van der Waals surface area contributed by atoms with Crippen LogP contribution in [0.15, 0.2) is 146 Å². The largest absolute Gasteiger partial charge is 0.355 e. The molecule has 0 spiro atoms. The summed E-state index contributed by atoms with van der Waals surface area (Å²) in [6.45, 7) is 7.45. The predicted molar refractivity (Wildman–Crippen MR) is 224 cm³/mol. The summed E-state index contributed by atoms with van der Waals surface area (Å²) in [6.07, 6.45) is 3.73. The van der Waals surface area contributed by atoms with Gasteiger partial charge in [-0.15, -0.1) is 0 Å². The minimum Gasteiger partial charge on any atom is -0.355 e. The third-order valence-corrected chi connectivity index (χ3v) is 10.6. The smallest absolute Gasteiger partial charge is 0.166 e. The summed E-state index contributed by atoms with van der Waals surface area (Å²) in [7, 11) is 2.12. The average Bonchev–Trinajstić information content (AvgIpc) is 3.74. The molecule has 5 heterocycles. The monoisotopic (exact) mass is 714 g/mol. The normalized spacial score (nSPS) is 12.9. The zero-order valence-corrected chi connectivity index (χ0v) is 31.1. The van der Waals surface area contributed by atoms with Gasteiger partial charge >= 0.3 is 0 Å². The standard InChI is InChI=1S/C47H38N8/c1-47(2,3)33-23-25-48-42(28-33)55-38-18-6-5-16-35(38)36-22-21-32(27-41(36)55)45-50-44(51-46(52-45)37-17-10-12-30-14-11-24-49-43(30)37)31-13-9-15-34(26-31)54-29-53(4)39-19-7-8-20-40(39)54/h5-28H,29H2,1-4H3. The fourth-order valence-electron chi connectivity index (χ4n) is 7.82. The molecule has 5 aromatic carbocycles. The van der Waals surface area contributed by atoms with Gasteiger partial charge in [0.2, 0.25) is 0 Å². The highest BCUT2D eigenvalue weighted by Crippen LogP contribution is 2.41. The van der Waals surface area contributed by atoms with Crippen molar-refractivity contribution in [2.45, 2.75) is 26.2 Å². The average molecular weight is 715 g/mol. The molecule has 9 aromatic rings. The van der Waals surface area contributed by atoms with Gasteiger partial charge < -0.3 is 9.80 Å². The number of hydrogen-bond donors (Lipinski definition) is 0. The number of pyridine rings is 2. The van der Waals surface area contributed by atoms with Crippen LogP contribution in [0.4, 0.5) is 17.1 Å². The fourth-order valence-corrected chi connectivity index (χ4v) is 7.82. The third kappa shape index (κ3) is 5.57. The molecule has 0 atom stereocenters. The first-order valence-electron chi connectivity index (χ1n) is 18.6. The van der Waals surface area contributed by atoms with E-state index in [9.17, 15) is 0 Å². The Bertz CT molecular complexity index is 2930. The van der Waals surface area contributed by atoms with Crippen molar-refractivity contribution in [2.24, 2.45) is 0 Å². The van der Waals surface area contributed by atoms with Gasteiger partial charge in [-0.2, -0.15) is 0 Å². The number of fused-ring (bicyclic) bond motifs is 5. The minimum absolute atomic E-state index is 0.0266. The van der Waals surface area contributed by atoms with E-state index in [4.69, 9.17) is 24.9 Å². The zero-order valence-electron chi connectivity index (χ0n) is 31.1. The van der Waals surface area contributed by atoms with Gasteiger partial charge in [0, 0.05) is 58.0 Å². The summed E-state index contributed by atoms with van der Waals surface area (Å²) in [5.74, 6) is 2.62. The van der Waals surface area contributed by atoms with E-state index in [1.807, 2.05) is 30.6 Å². The molecule has 0 saturated carbocycles. The van der Waals surface area contributed by atoms with Crippen molar-refractivity contribution < 1.29 is 0 Å². The second-order valence-corrected chi connectivity index (χ2v) is 15.2. The Kier molecular flexibility index (Phi) is 7.49. The summed E-state index contributed by atoms with van der Waals surface area (Å²) in [6, 6.07) is 46.5. The Morgan fingerprint density at radius 2 is 1.29 bits per heavy atom. The lowest BCUT2D eigenvalue weighted by Gasteiger charge is -2.20.